The zero-order valence-corrected chi connectivity index (χ0v) is 16.2. The van der Waals surface area contributed by atoms with Gasteiger partial charge in [-0.05, 0) is 38.9 Å². The summed E-state index contributed by atoms with van der Waals surface area (Å²) >= 11 is 0. The van der Waals surface area contributed by atoms with Gasteiger partial charge in [-0.15, -0.1) is 0 Å². The van der Waals surface area contributed by atoms with Crippen LogP contribution in [0.5, 0.6) is 5.88 Å². The fourth-order valence-corrected chi connectivity index (χ4v) is 4.18. The van der Waals surface area contributed by atoms with Gasteiger partial charge in [0.1, 0.15) is 12.2 Å². The number of ether oxygens (including phenoxy) is 2. The van der Waals surface area contributed by atoms with Crippen LogP contribution in [0.15, 0.2) is 17.4 Å². The quantitative estimate of drug-likeness (QED) is 0.709. The van der Waals surface area contributed by atoms with Crippen LogP contribution >= 0.6 is 0 Å². The molecule has 9 nitrogen and oxygen atoms in total. The topological polar surface area (TPSA) is 98.2 Å². The molecule has 2 fully saturated rings. The van der Waals surface area contributed by atoms with Crippen molar-refractivity contribution in [2.45, 2.75) is 37.5 Å². The van der Waals surface area contributed by atoms with E-state index in [0.717, 1.165) is 25.8 Å². The van der Waals surface area contributed by atoms with E-state index in [1.54, 1.807) is 17.7 Å². The minimum atomic E-state index is -0.301. The van der Waals surface area contributed by atoms with Crippen molar-refractivity contribution in [3.63, 3.8) is 0 Å². The van der Waals surface area contributed by atoms with Crippen molar-refractivity contribution >= 4 is 11.2 Å². The van der Waals surface area contributed by atoms with Gasteiger partial charge < -0.3 is 9.47 Å². The number of aryl methyl sites for hydroxylation is 1. The summed E-state index contributed by atoms with van der Waals surface area (Å²) in [5, 5.41) is 9.42. The summed E-state index contributed by atoms with van der Waals surface area (Å²) in [4.78, 5) is 23.8. The highest BCUT2D eigenvalue weighted by atomic mass is 16.5. The van der Waals surface area contributed by atoms with E-state index in [1.807, 2.05) is 6.07 Å². The van der Waals surface area contributed by atoms with Crippen molar-refractivity contribution in [3.05, 3.63) is 29.0 Å². The van der Waals surface area contributed by atoms with E-state index in [-0.39, 0.29) is 35.6 Å². The Balaban J connectivity index is 1.84. The molecule has 0 bridgehead atoms. The van der Waals surface area contributed by atoms with Gasteiger partial charge >= 0.3 is 5.69 Å². The average Bonchev–Trinajstić information content (AvgIpc) is 3.41. The van der Waals surface area contributed by atoms with E-state index in [4.69, 9.17) is 9.47 Å². The smallest absolute Gasteiger partial charge is 0.330 e. The third-order valence-corrected chi connectivity index (χ3v) is 5.70. The lowest BCUT2D eigenvalue weighted by Gasteiger charge is -2.27. The van der Waals surface area contributed by atoms with Gasteiger partial charge in [0.2, 0.25) is 11.7 Å². The number of rotatable bonds is 5. The lowest BCUT2D eigenvalue weighted by Crippen LogP contribution is -2.39. The SMILES string of the molecule is C=C[C@H](Oc1nc(C#N)nc2c1n(C)c(=O)n2[C@@H]1CCOC1)[C@@H]1CCCN1C. The number of likely N-dealkylation sites (tertiary alicyclic amines) is 1. The molecule has 148 valence electrons. The van der Waals surface area contributed by atoms with E-state index >= 15 is 0 Å². The molecule has 0 radical (unpaired) electrons. The largest absolute Gasteiger partial charge is 0.467 e. The summed E-state index contributed by atoms with van der Waals surface area (Å²) in [5.74, 6) is 0.215. The van der Waals surface area contributed by atoms with Gasteiger partial charge in [-0.3, -0.25) is 14.0 Å². The molecule has 2 aromatic rings. The molecule has 9 heteroatoms. The highest BCUT2D eigenvalue weighted by Crippen LogP contribution is 2.29. The van der Waals surface area contributed by atoms with Crippen molar-refractivity contribution in [2.24, 2.45) is 7.05 Å². The molecule has 4 rings (SSSR count). The van der Waals surface area contributed by atoms with Crippen LogP contribution in [0.25, 0.3) is 11.2 Å². The van der Waals surface area contributed by atoms with Gasteiger partial charge in [0, 0.05) is 13.7 Å². The van der Waals surface area contributed by atoms with Crippen LogP contribution in [0.4, 0.5) is 0 Å². The second-order valence-electron chi connectivity index (χ2n) is 7.37. The van der Waals surface area contributed by atoms with Crippen molar-refractivity contribution in [1.82, 2.24) is 24.0 Å². The Hall–Kier alpha value is -2.70. The minimum Gasteiger partial charge on any atom is -0.467 e. The zero-order chi connectivity index (χ0) is 19.8. The predicted octanol–water partition coefficient (Wildman–Crippen LogP) is 0.991. The molecule has 4 heterocycles. The first-order valence-corrected chi connectivity index (χ1v) is 9.51. The van der Waals surface area contributed by atoms with Crippen molar-refractivity contribution in [3.8, 4) is 11.9 Å². The number of imidazole rings is 1. The van der Waals surface area contributed by atoms with Crippen LogP contribution in [0.1, 0.15) is 31.1 Å². The molecule has 0 aromatic carbocycles. The number of hydrogen-bond acceptors (Lipinski definition) is 7. The van der Waals surface area contributed by atoms with Gasteiger partial charge in [0.25, 0.3) is 0 Å². The van der Waals surface area contributed by atoms with Gasteiger partial charge in [0.15, 0.2) is 11.2 Å². The minimum absolute atomic E-state index is 0.0247. The first-order valence-electron chi connectivity index (χ1n) is 9.51. The molecule has 28 heavy (non-hydrogen) atoms. The number of likely N-dealkylation sites (N-methyl/N-ethyl adjacent to an activating group) is 1. The fraction of sp³-hybridized carbons (Fsp3) is 0.579. The normalized spacial score (nSPS) is 23.8. The first-order chi connectivity index (χ1) is 13.5. The molecular formula is C19H24N6O3. The van der Waals surface area contributed by atoms with E-state index < -0.39 is 0 Å². The van der Waals surface area contributed by atoms with E-state index in [0.29, 0.717) is 24.4 Å². The van der Waals surface area contributed by atoms with Gasteiger partial charge in [-0.2, -0.15) is 15.2 Å². The summed E-state index contributed by atoms with van der Waals surface area (Å²) in [6, 6.07) is 2.05. The highest BCUT2D eigenvalue weighted by Gasteiger charge is 2.32. The lowest BCUT2D eigenvalue weighted by molar-refractivity contribution is 0.139. The molecule has 2 aliphatic heterocycles. The van der Waals surface area contributed by atoms with E-state index in [9.17, 15) is 10.1 Å². The summed E-state index contributed by atoms with van der Waals surface area (Å²) in [6.07, 6.45) is 4.26. The molecule has 2 saturated heterocycles. The molecule has 0 N–H and O–H groups in total. The van der Waals surface area contributed by atoms with Crippen molar-refractivity contribution in [1.29, 1.82) is 5.26 Å². The van der Waals surface area contributed by atoms with E-state index in [2.05, 4.69) is 28.5 Å². The monoisotopic (exact) mass is 384 g/mol. The van der Waals surface area contributed by atoms with Crippen LogP contribution < -0.4 is 10.4 Å². The number of hydrogen-bond donors (Lipinski definition) is 0. The average molecular weight is 384 g/mol. The number of fused-ring (bicyclic) bond motifs is 1. The summed E-state index contributed by atoms with van der Waals surface area (Å²) < 4.78 is 14.8. The Bertz CT molecular complexity index is 998. The maximum absolute atomic E-state index is 12.9. The molecular weight excluding hydrogens is 360 g/mol. The third-order valence-electron chi connectivity index (χ3n) is 5.70. The molecule has 0 aliphatic carbocycles. The van der Waals surface area contributed by atoms with Gasteiger partial charge in [0.05, 0.1) is 18.7 Å². The van der Waals surface area contributed by atoms with Crippen LogP contribution in [-0.4, -0.2) is 63.0 Å². The fourth-order valence-electron chi connectivity index (χ4n) is 4.18. The van der Waals surface area contributed by atoms with Crippen molar-refractivity contribution < 1.29 is 9.47 Å². The van der Waals surface area contributed by atoms with Crippen molar-refractivity contribution in [2.75, 3.05) is 26.8 Å². The molecule has 0 amide bonds. The Morgan fingerprint density at radius 3 is 2.82 bits per heavy atom. The second kappa shape index (κ2) is 7.37. The molecule has 0 saturated carbocycles. The van der Waals surface area contributed by atoms with Crippen LogP contribution in [0, 0.1) is 11.3 Å². The maximum atomic E-state index is 12.9. The standard InChI is InChI=1S/C19H24N6O3/c1-4-14(13-6-5-8-23(13)2)28-18-16-17(21-15(10-20)22-18)25(19(26)24(16)3)12-7-9-27-11-12/h4,12-14H,1,5-9,11H2,2-3H3/t12-,13+,14+/m1/s1. The Morgan fingerprint density at radius 2 is 2.21 bits per heavy atom. The zero-order valence-electron chi connectivity index (χ0n) is 16.2. The summed E-state index contributed by atoms with van der Waals surface area (Å²) in [6.45, 7) is 5.96. The van der Waals surface area contributed by atoms with Gasteiger partial charge in [-0.1, -0.05) is 6.58 Å². The molecule has 2 aliphatic rings. The van der Waals surface area contributed by atoms with Crippen LogP contribution in [-0.2, 0) is 11.8 Å². The first kappa shape index (κ1) is 18.7. The third kappa shape index (κ3) is 2.99. The summed E-state index contributed by atoms with van der Waals surface area (Å²) in [7, 11) is 3.73. The van der Waals surface area contributed by atoms with Crippen LogP contribution in [0.2, 0.25) is 0 Å². The number of nitrogens with zero attached hydrogens (tertiary/aromatic N) is 6. The highest BCUT2D eigenvalue weighted by molar-refractivity contribution is 5.78. The molecule has 2 aromatic heterocycles. The second-order valence-corrected chi connectivity index (χ2v) is 7.37. The molecule has 3 atom stereocenters. The van der Waals surface area contributed by atoms with E-state index in [1.165, 1.54) is 4.57 Å². The number of aromatic nitrogens is 4. The van der Waals surface area contributed by atoms with Crippen LogP contribution in [0.3, 0.4) is 0 Å². The maximum Gasteiger partial charge on any atom is 0.330 e. The lowest BCUT2D eigenvalue weighted by atomic mass is 10.1. The molecule has 0 spiro atoms. The molecule has 0 unspecified atom stereocenters. The summed E-state index contributed by atoms with van der Waals surface area (Å²) in [5.41, 5.74) is 0.684. The Kier molecular flexibility index (Phi) is 4.91. The predicted molar refractivity (Wildman–Crippen MR) is 102 cm³/mol. The Morgan fingerprint density at radius 1 is 1.39 bits per heavy atom. The van der Waals surface area contributed by atoms with Gasteiger partial charge in [-0.25, -0.2) is 4.79 Å². The Labute approximate surface area is 162 Å². The number of nitriles is 1.